The van der Waals surface area contributed by atoms with Crippen molar-refractivity contribution in [2.24, 2.45) is 11.1 Å². The average Bonchev–Trinajstić information content (AvgIpc) is 2.46. The van der Waals surface area contributed by atoms with Crippen LogP contribution in [0.4, 0.5) is 0 Å². The fourth-order valence-corrected chi connectivity index (χ4v) is 2.95. The number of hydrogen-bond acceptors (Lipinski definition) is 2. The lowest BCUT2D eigenvalue weighted by Gasteiger charge is -2.28. The Labute approximate surface area is 128 Å². The van der Waals surface area contributed by atoms with Crippen LogP contribution in [0.1, 0.15) is 50.7 Å². The topological polar surface area (TPSA) is 46.3 Å². The first-order valence-corrected chi connectivity index (χ1v) is 8.08. The van der Waals surface area contributed by atoms with Gasteiger partial charge in [0.25, 0.3) is 0 Å². The summed E-state index contributed by atoms with van der Waals surface area (Å²) in [5.74, 6) is -0.185. The molecule has 0 radical (unpaired) electrons. The van der Waals surface area contributed by atoms with Crippen LogP contribution in [0.5, 0.6) is 0 Å². The standard InChI is InChI=1S/C18H28N2O/c1-18(2,17(19)21)11-6-3-7-12-20-13-10-15-8-4-5-9-16(15)14-20/h4-5,8-9H,3,6-7,10-14H2,1-2H3,(H2,19,21). The number of fused-ring (bicyclic) bond motifs is 1. The van der Waals surface area contributed by atoms with Crippen molar-refractivity contribution in [3.63, 3.8) is 0 Å². The van der Waals surface area contributed by atoms with Crippen LogP contribution in [0, 0.1) is 5.41 Å². The smallest absolute Gasteiger partial charge is 0.223 e. The number of benzene rings is 1. The van der Waals surface area contributed by atoms with E-state index in [-0.39, 0.29) is 11.3 Å². The van der Waals surface area contributed by atoms with E-state index in [2.05, 4.69) is 29.2 Å². The van der Waals surface area contributed by atoms with E-state index in [0.717, 1.165) is 25.9 Å². The summed E-state index contributed by atoms with van der Waals surface area (Å²) in [6, 6.07) is 8.76. The monoisotopic (exact) mass is 288 g/mol. The van der Waals surface area contributed by atoms with Crippen molar-refractivity contribution in [3.05, 3.63) is 35.4 Å². The van der Waals surface area contributed by atoms with Gasteiger partial charge in [0, 0.05) is 18.5 Å². The highest BCUT2D eigenvalue weighted by atomic mass is 16.1. The maximum Gasteiger partial charge on any atom is 0.223 e. The van der Waals surface area contributed by atoms with Gasteiger partial charge < -0.3 is 5.73 Å². The van der Waals surface area contributed by atoms with Gasteiger partial charge in [-0.15, -0.1) is 0 Å². The van der Waals surface area contributed by atoms with E-state index < -0.39 is 0 Å². The number of rotatable bonds is 7. The zero-order chi connectivity index (χ0) is 15.3. The third-order valence-corrected chi connectivity index (χ3v) is 4.65. The van der Waals surface area contributed by atoms with Crippen LogP contribution in [0.25, 0.3) is 0 Å². The number of carbonyl (C=O) groups excluding carboxylic acids is 1. The van der Waals surface area contributed by atoms with Crippen molar-refractivity contribution in [1.82, 2.24) is 4.90 Å². The van der Waals surface area contributed by atoms with E-state index in [1.807, 2.05) is 13.8 Å². The van der Waals surface area contributed by atoms with Crippen LogP contribution in [-0.4, -0.2) is 23.9 Å². The fraction of sp³-hybridized carbons (Fsp3) is 0.611. The highest BCUT2D eigenvalue weighted by molar-refractivity contribution is 5.79. The van der Waals surface area contributed by atoms with Crippen molar-refractivity contribution >= 4 is 5.91 Å². The molecule has 21 heavy (non-hydrogen) atoms. The second-order valence-corrected chi connectivity index (χ2v) is 6.85. The van der Waals surface area contributed by atoms with Gasteiger partial charge in [0.2, 0.25) is 5.91 Å². The average molecular weight is 288 g/mol. The molecular formula is C18H28N2O. The summed E-state index contributed by atoms with van der Waals surface area (Å²) in [5, 5.41) is 0. The maximum absolute atomic E-state index is 11.3. The third-order valence-electron chi connectivity index (χ3n) is 4.65. The minimum Gasteiger partial charge on any atom is -0.369 e. The number of nitrogens with two attached hydrogens (primary N) is 1. The Hall–Kier alpha value is -1.35. The predicted octanol–water partition coefficient (Wildman–Crippen LogP) is 3.12. The van der Waals surface area contributed by atoms with Gasteiger partial charge in [0.1, 0.15) is 0 Å². The van der Waals surface area contributed by atoms with Gasteiger partial charge in [0.05, 0.1) is 0 Å². The lowest BCUT2D eigenvalue weighted by atomic mass is 9.86. The zero-order valence-corrected chi connectivity index (χ0v) is 13.4. The van der Waals surface area contributed by atoms with E-state index in [1.165, 1.54) is 36.9 Å². The largest absolute Gasteiger partial charge is 0.369 e. The predicted molar refractivity (Wildman–Crippen MR) is 86.9 cm³/mol. The molecule has 0 saturated heterocycles. The summed E-state index contributed by atoms with van der Waals surface area (Å²) >= 11 is 0. The molecule has 3 nitrogen and oxygen atoms in total. The molecule has 0 aliphatic carbocycles. The molecule has 3 heteroatoms. The van der Waals surface area contributed by atoms with E-state index in [4.69, 9.17) is 5.73 Å². The molecule has 0 unspecified atom stereocenters. The Morgan fingerprint density at radius 3 is 2.62 bits per heavy atom. The molecule has 2 rings (SSSR count). The van der Waals surface area contributed by atoms with Gasteiger partial charge in [-0.25, -0.2) is 0 Å². The van der Waals surface area contributed by atoms with E-state index in [9.17, 15) is 4.79 Å². The van der Waals surface area contributed by atoms with Gasteiger partial charge in [-0.05, 0) is 36.9 Å². The SMILES string of the molecule is CC(C)(CCCCCN1CCc2ccccc2C1)C(N)=O. The normalized spacial score (nSPS) is 15.7. The number of hydrogen-bond donors (Lipinski definition) is 1. The summed E-state index contributed by atoms with van der Waals surface area (Å²) in [6.07, 6.45) is 5.53. The number of amides is 1. The van der Waals surface area contributed by atoms with Gasteiger partial charge in [0.15, 0.2) is 0 Å². The number of unbranched alkanes of at least 4 members (excludes halogenated alkanes) is 2. The molecule has 0 saturated carbocycles. The number of carbonyl (C=O) groups is 1. The second-order valence-electron chi connectivity index (χ2n) is 6.85. The van der Waals surface area contributed by atoms with Crippen LogP contribution in [0.2, 0.25) is 0 Å². The Morgan fingerprint density at radius 2 is 1.90 bits per heavy atom. The van der Waals surface area contributed by atoms with Gasteiger partial charge in [-0.1, -0.05) is 51.0 Å². The molecule has 1 aromatic rings. The number of primary amides is 1. The van der Waals surface area contributed by atoms with E-state index in [0.29, 0.717) is 0 Å². The minimum atomic E-state index is -0.357. The third kappa shape index (κ3) is 4.57. The highest BCUT2D eigenvalue weighted by Crippen LogP contribution is 2.23. The Balaban J connectivity index is 1.66. The van der Waals surface area contributed by atoms with Crippen LogP contribution in [0.15, 0.2) is 24.3 Å². The van der Waals surface area contributed by atoms with E-state index in [1.54, 1.807) is 0 Å². The molecule has 0 bridgehead atoms. The van der Waals surface area contributed by atoms with Gasteiger partial charge in [-0.3, -0.25) is 9.69 Å². The molecule has 0 aromatic heterocycles. The number of nitrogens with zero attached hydrogens (tertiary/aromatic N) is 1. The molecule has 1 aliphatic rings. The Morgan fingerprint density at radius 1 is 1.19 bits per heavy atom. The first kappa shape index (κ1) is 16.0. The lowest BCUT2D eigenvalue weighted by molar-refractivity contribution is -0.126. The fourth-order valence-electron chi connectivity index (χ4n) is 2.95. The summed E-state index contributed by atoms with van der Waals surface area (Å²) < 4.78 is 0. The summed E-state index contributed by atoms with van der Waals surface area (Å²) in [5.41, 5.74) is 8.04. The second kappa shape index (κ2) is 7.08. The van der Waals surface area contributed by atoms with Crippen LogP contribution < -0.4 is 5.73 Å². The molecular weight excluding hydrogens is 260 g/mol. The summed E-state index contributed by atoms with van der Waals surface area (Å²) in [6.45, 7) is 7.30. The minimum absolute atomic E-state index is 0.185. The molecule has 116 valence electrons. The van der Waals surface area contributed by atoms with Crippen LogP contribution in [-0.2, 0) is 17.8 Å². The summed E-state index contributed by atoms with van der Waals surface area (Å²) in [4.78, 5) is 13.8. The molecule has 2 N–H and O–H groups in total. The molecule has 1 heterocycles. The molecule has 0 fully saturated rings. The molecule has 0 spiro atoms. The molecule has 1 aromatic carbocycles. The quantitative estimate of drug-likeness (QED) is 0.784. The Kier molecular flexibility index (Phi) is 5.40. The van der Waals surface area contributed by atoms with Gasteiger partial charge >= 0.3 is 0 Å². The van der Waals surface area contributed by atoms with Crippen molar-refractivity contribution in [2.75, 3.05) is 13.1 Å². The lowest BCUT2D eigenvalue weighted by Crippen LogP contribution is -2.32. The summed E-state index contributed by atoms with van der Waals surface area (Å²) in [7, 11) is 0. The molecule has 1 amide bonds. The van der Waals surface area contributed by atoms with Crippen LogP contribution >= 0.6 is 0 Å². The van der Waals surface area contributed by atoms with Crippen molar-refractivity contribution in [3.8, 4) is 0 Å². The maximum atomic E-state index is 11.3. The van der Waals surface area contributed by atoms with Crippen molar-refractivity contribution < 1.29 is 4.79 Å². The molecule has 1 aliphatic heterocycles. The first-order valence-electron chi connectivity index (χ1n) is 8.08. The van der Waals surface area contributed by atoms with Crippen molar-refractivity contribution in [2.45, 2.75) is 52.5 Å². The zero-order valence-electron chi connectivity index (χ0n) is 13.4. The van der Waals surface area contributed by atoms with Crippen molar-refractivity contribution in [1.29, 1.82) is 0 Å². The first-order chi connectivity index (χ1) is 9.99. The Bertz CT molecular complexity index is 482. The van der Waals surface area contributed by atoms with Gasteiger partial charge in [-0.2, -0.15) is 0 Å². The van der Waals surface area contributed by atoms with E-state index >= 15 is 0 Å². The highest BCUT2D eigenvalue weighted by Gasteiger charge is 2.23. The molecule has 0 atom stereocenters. The van der Waals surface area contributed by atoms with Crippen LogP contribution in [0.3, 0.4) is 0 Å².